The molecule has 1 heterocycles. The number of rotatable bonds is 10. The van der Waals surface area contributed by atoms with Gasteiger partial charge in [0, 0.05) is 29.3 Å². The number of fused-ring (bicyclic) bond motifs is 1. The number of nitrogens with one attached hydrogen (secondary N) is 1. The van der Waals surface area contributed by atoms with E-state index in [2.05, 4.69) is 12.2 Å². The van der Waals surface area contributed by atoms with E-state index in [0.717, 1.165) is 23.8 Å². The molecular formula is C24H27NO6. The number of hydrogen-bond acceptors (Lipinski definition) is 6. The SMILES string of the molecule is CCCc1cc(=O)oc2cc(OCC(=O)Nc3ccc(OCC)c(OCC)c3)ccc12. The monoisotopic (exact) mass is 425 g/mol. The Hall–Kier alpha value is -3.48. The molecule has 3 rings (SSSR count). The van der Waals surface area contributed by atoms with E-state index in [1.165, 1.54) is 6.07 Å². The van der Waals surface area contributed by atoms with E-state index in [-0.39, 0.29) is 12.5 Å². The van der Waals surface area contributed by atoms with Crippen LogP contribution in [0.25, 0.3) is 11.0 Å². The Morgan fingerprint density at radius 1 is 0.935 bits per heavy atom. The first-order valence-electron chi connectivity index (χ1n) is 10.4. The van der Waals surface area contributed by atoms with Crippen LogP contribution in [-0.2, 0) is 11.2 Å². The molecule has 0 saturated carbocycles. The van der Waals surface area contributed by atoms with E-state index in [0.29, 0.717) is 41.7 Å². The van der Waals surface area contributed by atoms with Crippen molar-refractivity contribution in [2.24, 2.45) is 0 Å². The summed E-state index contributed by atoms with van der Waals surface area (Å²) in [5, 5.41) is 3.65. The molecule has 7 heteroatoms. The van der Waals surface area contributed by atoms with Gasteiger partial charge in [-0.3, -0.25) is 4.79 Å². The molecule has 31 heavy (non-hydrogen) atoms. The second kappa shape index (κ2) is 10.5. The molecule has 1 N–H and O–H groups in total. The van der Waals surface area contributed by atoms with Crippen molar-refractivity contribution >= 4 is 22.6 Å². The Morgan fingerprint density at radius 3 is 2.45 bits per heavy atom. The van der Waals surface area contributed by atoms with Crippen LogP contribution in [0.3, 0.4) is 0 Å². The van der Waals surface area contributed by atoms with Crippen molar-refractivity contribution in [1.29, 1.82) is 0 Å². The fraction of sp³-hybridized carbons (Fsp3) is 0.333. The molecule has 0 atom stereocenters. The van der Waals surface area contributed by atoms with E-state index in [9.17, 15) is 9.59 Å². The normalized spacial score (nSPS) is 10.7. The van der Waals surface area contributed by atoms with Gasteiger partial charge in [0.1, 0.15) is 11.3 Å². The third kappa shape index (κ3) is 5.78. The minimum Gasteiger partial charge on any atom is -0.490 e. The van der Waals surface area contributed by atoms with Crippen LogP contribution in [0.4, 0.5) is 5.69 Å². The maximum atomic E-state index is 12.3. The van der Waals surface area contributed by atoms with E-state index >= 15 is 0 Å². The van der Waals surface area contributed by atoms with E-state index in [1.54, 1.807) is 30.3 Å². The number of carbonyl (C=O) groups excluding carboxylic acids is 1. The van der Waals surface area contributed by atoms with Crippen LogP contribution in [0.1, 0.15) is 32.8 Å². The standard InChI is InChI=1S/C24H27NO6/c1-4-7-16-12-24(27)31-21-14-18(9-10-19(16)21)30-15-23(26)25-17-8-11-20(28-5-2)22(13-17)29-6-3/h8-14H,4-7,15H2,1-3H3,(H,25,26). The van der Waals surface area contributed by atoms with Crippen LogP contribution < -0.4 is 25.2 Å². The van der Waals surface area contributed by atoms with Crippen LogP contribution in [0.15, 0.2) is 51.7 Å². The van der Waals surface area contributed by atoms with Gasteiger partial charge in [0.05, 0.1) is 13.2 Å². The number of ether oxygens (including phenoxy) is 3. The smallest absolute Gasteiger partial charge is 0.336 e. The number of amides is 1. The average molecular weight is 425 g/mol. The molecule has 0 aliphatic rings. The third-order valence-electron chi connectivity index (χ3n) is 4.52. The van der Waals surface area contributed by atoms with Gasteiger partial charge in [0.25, 0.3) is 5.91 Å². The number of anilines is 1. The van der Waals surface area contributed by atoms with Crippen LogP contribution in [-0.4, -0.2) is 25.7 Å². The van der Waals surface area contributed by atoms with Crippen LogP contribution in [0.5, 0.6) is 17.2 Å². The molecule has 3 aromatic rings. The zero-order chi connectivity index (χ0) is 22.2. The predicted octanol–water partition coefficient (Wildman–Crippen LogP) is 4.56. The van der Waals surface area contributed by atoms with Crippen LogP contribution in [0, 0.1) is 0 Å². The van der Waals surface area contributed by atoms with Gasteiger partial charge in [0.15, 0.2) is 18.1 Å². The fourth-order valence-corrected chi connectivity index (χ4v) is 3.25. The predicted molar refractivity (Wildman–Crippen MR) is 119 cm³/mol. The molecule has 0 saturated heterocycles. The molecule has 7 nitrogen and oxygen atoms in total. The molecule has 0 aliphatic heterocycles. The Labute approximate surface area is 180 Å². The van der Waals surface area contributed by atoms with Gasteiger partial charge in [-0.25, -0.2) is 4.79 Å². The van der Waals surface area contributed by atoms with Crippen molar-refractivity contribution < 1.29 is 23.4 Å². The molecule has 2 aromatic carbocycles. The highest BCUT2D eigenvalue weighted by Crippen LogP contribution is 2.30. The maximum Gasteiger partial charge on any atom is 0.336 e. The average Bonchev–Trinajstić information content (AvgIpc) is 2.74. The lowest BCUT2D eigenvalue weighted by Gasteiger charge is -2.13. The van der Waals surface area contributed by atoms with Gasteiger partial charge < -0.3 is 23.9 Å². The van der Waals surface area contributed by atoms with Crippen molar-refractivity contribution in [3.63, 3.8) is 0 Å². The van der Waals surface area contributed by atoms with Gasteiger partial charge in [-0.15, -0.1) is 0 Å². The van der Waals surface area contributed by atoms with Crippen molar-refractivity contribution in [2.75, 3.05) is 25.1 Å². The third-order valence-corrected chi connectivity index (χ3v) is 4.52. The first kappa shape index (κ1) is 22.2. The Kier molecular flexibility index (Phi) is 7.54. The van der Waals surface area contributed by atoms with Gasteiger partial charge >= 0.3 is 5.63 Å². The largest absolute Gasteiger partial charge is 0.490 e. The molecule has 164 valence electrons. The molecular weight excluding hydrogens is 398 g/mol. The summed E-state index contributed by atoms with van der Waals surface area (Å²) in [6, 6.07) is 12.0. The summed E-state index contributed by atoms with van der Waals surface area (Å²) in [5.74, 6) is 1.31. The van der Waals surface area contributed by atoms with Gasteiger partial charge in [-0.1, -0.05) is 13.3 Å². The molecule has 0 aliphatic carbocycles. The quantitative estimate of drug-likeness (QED) is 0.479. The van der Waals surface area contributed by atoms with Crippen LogP contribution in [0.2, 0.25) is 0 Å². The zero-order valence-electron chi connectivity index (χ0n) is 18.0. The molecule has 0 unspecified atom stereocenters. The van der Waals surface area contributed by atoms with E-state index in [1.807, 2.05) is 19.9 Å². The summed E-state index contributed by atoms with van der Waals surface area (Å²) in [4.78, 5) is 24.1. The number of aryl methyl sites for hydroxylation is 1. The lowest BCUT2D eigenvalue weighted by molar-refractivity contribution is -0.118. The minimum atomic E-state index is -0.397. The molecule has 0 fully saturated rings. The summed E-state index contributed by atoms with van der Waals surface area (Å²) in [6.07, 6.45) is 1.71. The highest BCUT2D eigenvalue weighted by molar-refractivity contribution is 5.92. The molecule has 0 radical (unpaired) electrons. The lowest BCUT2D eigenvalue weighted by atomic mass is 10.1. The first-order valence-corrected chi connectivity index (χ1v) is 10.4. The summed E-state index contributed by atoms with van der Waals surface area (Å²) < 4.78 is 22.0. The van der Waals surface area contributed by atoms with Crippen molar-refractivity contribution in [1.82, 2.24) is 0 Å². The molecule has 1 amide bonds. The van der Waals surface area contributed by atoms with Crippen molar-refractivity contribution in [3.8, 4) is 17.2 Å². The number of hydrogen-bond donors (Lipinski definition) is 1. The Balaban J connectivity index is 1.67. The summed E-state index contributed by atoms with van der Waals surface area (Å²) >= 11 is 0. The molecule has 0 bridgehead atoms. The van der Waals surface area contributed by atoms with Gasteiger partial charge in [0.2, 0.25) is 0 Å². The second-order valence-electron chi connectivity index (χ2n) is 6.86. The van der Waals surface area contributed by atoms with E-state index in [4.69, 9.17) is 18.6 Å². The highest BCUT2D eigenvalue weighted by Gasteiger charge is 2.11. The van der Waals surface area contributed by atoms with Crippen molar-refractivity contribution in [2.45, 2.75) is 33.6 Å². The highest BCUT2D eigenvalue weighted by atomic mass is 16.5. The summed E-state index contributed by atoms with van der Waals surface area (Å²) in [7, 11) is 0. The minimum absolute atomic E-state index is 0.193. The number of carbonyl (C=O) groups is 1. The van der Waals surface area contributed by atoms with Gasteiger partial charge in [-0.2, -0.15) is 0 Å². The fourth-order valence-electron chi connectivity index (χ4n) is 3.25. The first-order chi connectivity index (χ1) is 15.0. The summed E-state index contributed by atoms with van der Waals surface area (Å²) in [5.41, 5.74) is 1.57. The van der Waals surface area contributed by atoms with E-state index < -0.39 is 5.63 Å². The van der Waals surface area contributed by atoms with Gasteiger partial charge in [-0.05, 0) is 50.1 Å². The van der Waals surface area contributed by atoms with Crippen LogP contribution >= 0.6 is 0 Å². The van der Waals surface area contributed by atoms with Crippen molar-refractivity contribution in [3.05, 3.63) is 58.4 Å². The Morgan fingerprint density at radius 2 is 1.71 bits per heavy atom. The zero-order valence-corrected chi connectivity index (χ0v) is 18.0. The number of benzene rings is 2. The molecule has 1 aromatic heterocycles. The lowest BCUT2D eigenvalue weighted by Crippen LogP contribution is -2.20. The Bertz CT molecular complexity index is 1100. The molecule has 0 spiro atoms. The second-order valence-corrected chi connectivity index (χ2v) is 6.86. The topological polar surface area (TPSA) is 87.0 Å². The maximum absolute atomic E-state index is 12.3. The summed E-state index contributed by atoms with van der Waals surface area (Å²) in [6.45, 7) is 6.64.